The Morgan fingerprint density at radius 1 is 1.23 bits per heavy atom. The van der Waals surface area contributed by atoms with Crippen molar-refractivity contribution >= 4 is 17.5 Å². The molecule has 0 fully saturated rings. The van der Waals surface area contributed by atoms with Gasteiger partial charge in [0.15, 0.2) is 12.5 Å². The molecule has 2 aliphatic rings. The van der Waals surface area contributed by atoms with Gasteiger partial charge in [-0.2, -0.15) is 0 Å². The Bertz CT molecular complexity index is 1140. The quantitative estimate of drug-likeness (QED) is 0.647. The van der Waals surface area contributed by atoms with Crippen LogP contribution in [0.3, 0.4) is 0 Å². The SMILES string of the molecule is CN1C(=O)COc2ccc(C(=O)N3CCc4oc(CCc5cccnc5)nc4C3)cc21. The van der Waals surface area contributed by atoms with E-state index in [0.29, 0.717) is 48.8 Å². The van der Waals surface area contributed by atoms with Crippen LogP contribution in [0.1, 0.15) is 33.3 Å². The van der Waals surface area contributed by atoms with Crippen molar-refractivity contribution in [1.29, 1.82) is 0 Å². The highest BCUT2D eigenvalue weighted by atomic mass is 16.5. The van der Waals surface area contributed by atoms with E-state index in [0.717, 1.165) is 23.4 Å². The number of fused-ring (bicyclic) bond motifs is 2. The Hall–Kier alpha value is -3.68. The van der Waals surface area contributed by atoms with E-state index in [1.807, 2.05) is 18.3 Å². The lowest BCUT2D eigenvalue weighted by Crippen LogP contribution is -2.37. The lowest BCUT2D eigenvalue weighted by Gasteiger charge is -2.28. The van der Waals surface area contributed by atoms with Crippen molar-refractivity contribution in [2.75, 3.05) is 25.1 Å². The lowest BCUT2D eigenvalue weighted by molar-refractivity contribution is -0.120. The second kappa shape index (κ2) is 7.86. The molecule has 4 heterocycles. The molecule has 0 N–H and O–H groups in total. The van der Waals surface area contributed by atoms with E-state index in [4.69, 9.17) is 9.15 Å². The summed E-state index contributed by atoms with van der Waals surface area (Å²) in [5.41, 5.74) is 3.08. The molecule has 2 aliphatic heterocycles. The minimum Gasteiger partial charge on any atom is -0.482 e. The van der Waals surface area contributed by atoms with Gasteiger partial charge in [-0.15, -0.1) is 0 Å². The standard InChI is InChI=1S/C23H22N4O4/c1-26-18-11-16(5-6-20(18)30-14-22(26)28)23(29)27-10-8-19-17(13-27)25-21(31-19)7-4-15-3-2-9-24-12-15/h2-3,5-6,9,11-12H,4,7-8,10,13-14H2,1H3. The summed E-state index contributed by atoms with van der Waals surface area (Å²) in [6.45, 7) is 0.985. The number of aryl methyl sites for hydroxylation is 2. The highest BCUT2D eigenvalue weighted by Crippen LogP contribution is 2.32. The van der Waals surface area contributed by atoms with Crippen molar-refractivity contribution in [2.24, 2.45) is 0 Å². The lowest BCUT2D eigenvalue weighted by atomic mass is 10.1. The number of benzene rings is 1. The van der Waals surface area contributed by atoms with Gasteiger partial charge < -0.3 is 19.0 Å². The maximum absolute atomic E-state index is 13.1. The van der Waals surface area contributed by atoms with E-state index in [2.05, 4.69) is 9.97 Å². The summed E-state index contributed by atoms with van der Waals surface area (Å²) in [4.78, 5) is 37.1. The molecule has 2 amide bonds. The van der Waals surface area contributed by atoms with E-state index in [-0.39, 0.29) is 18.4 Å². The number of nitrogens with zero attached hydrogens (tertiary/aromatic N) is 4. The first kappa shape index (κ1) is 19.3. The number of oxazole rings is 1. The second-order valence-corrected chi connectivity index (χ2v) is 7.74. The molecule has 0 radical (unpaired) electrons. The van der Waals surface area contributed by atoms with Crippen molar-refractivity contribution in [3.8, 4) is 5.75 Å². The van der Waals surface area contributed by atoms with Crippen LogP contribution in [0, 0.1) is 0 Å². The van der Waals surface area contributed by atoms with Crippen LogP contribution >= 0.6 is 0 Å². The van der Waals surface area contributed by atoms with Crippen LogP contribution in [0.5, 0.6) is 5.75 Å². The summed E-state index contributed by atoms with van der Waals surface area (Å²) in [5, 5.41) is 0. The number of anilines is 1. The van der Waals surface area contributed by atoms with Crippen LogP contribution in [0.2, 0.25) is 0 Å². The van der Waals surface area contributed by atoms with Crippen molar-refractivity contribution in [1.82, 2.24) is 14.9 Å². The first-order valence-corrected chi connectivity index (χ1v) is 10.3. The smallest absolute Gasteiger partial charge is 0.264 e. The number of hydrogen-bond donors (Lipinski definition) is 0. The summed E-state index contributed by atoms with van der Waals surface area (Å²) in [7, 11) is 1.69. The normalized spacial score (nSPS) is 15.3. The molecule has 5 rings (SSSR count). The van der Waals surface area contributed by atoms with Crippen LogP contribution in [0.25, 0.3) is 0 Å². The monoisotopic (exact) mass is 418 g/mol. The van der Waals surface area contributed by atoms with Gasteiger partial charge in [-0.05, 0) is 36.2 Å². The molecule has 1 aromatic carbocycles. The average Bonchev–Trinajstić information content (AvgIpc) is 3.22. The predicted octanol–water partition coefficient (Wildman–Crippen LogP) is 2.41. The highest BCUT2D eigenvalue weighted by Gasteiger charge is 2.28. The highest BCUT2D eigenvalue weighted by molar-refractivity contribution is 6.01. The molecule has 3 aromatic rings. The van der Waals surface area contributed by atoms with Gasteiger partial charge in [0, 0.05) is 44.4 Å². The summed E-state index contributed by atoms with van der Waals surface area (Å²) in [5.74, 6) is 1.92. The van der Waals surface area contributed by atoms with Crippen molar-refractivity contribution in [3.63, 3.8) is 0 Å². The number of pyridine rings is 1. The number of hydrogen-bond acceptors (Lipinski definition) is 6. The van der Waals surface area contributed by atoms with Crippen LogP contribution in [-0.4, -0.2) is 46.9 Å². The summed E-state index contributed by atoms with van der Waals surface area (Å²) in [6, 6.07) is 9.15. The Morgan fingerprint density at radius 2 is 2.13 bits per heavy atom. The van der Waals surface area contributed by atoms with Crippen LogP contribution < -0.4 is 9.64 Å². The van der Waals surface area contributed by atoms with Gasteiger partial charge in [0.25, 0.3) is 11.8 Å². The first-order valence-electron chi connectivity index (χ1n) is 10.3. The molecular weight excluding hydrogens is 396 g/mol. The van der Waals surface area contributed by atoms with E-state index >= 15 is 0 Å². The Balaban J connectivity index is 1.29. The number of likely N-dealkylation sites (N-methyl/N-ethyl adjacent to an activating group) is 1. The number of aromatic nitrogens is 2. The fourth-order valence-corrected chi connectivity index (χ4v) is 3.92. The number of carbonyl (C=O) groups is 2. The Labute approximate surface area is 179 Å². The molecule has 0 bridgehead atoms. The zero-order chi connectivity index (χ0) is 21.4. The molecule has 0 saturated carbocycles. The molecule has 31 heavy (non-hydrogen) atoms. The summed E-state index contributed by atoms with van der Waals surface area (Å²) >= 11 is 0. The van der Waals surface area contributed by atoms with Gasteiger partial charge in [-0.1, -0.05) is 6.07 Å². The second-order valence-electron chi connectivity index (χ2n) is 7.74. The number of carbonyl (C=O) groups excluding carboxylic acids is 2. The fourth-order valence-electron chi connectivity index (χ4n) is 3.92. The number of amides is 2. The minimum atomic E-state index is -0.138. The predicted molar refractivity (Wildman–Crippen MR) is 112 cm³/mol. The van der Waals surface area contributed by atoms with Crippen LogP contribution in [0.4, 0.5) is 5.69 Å². The number of ether oxygens (including phenoxy) is 1. The largest absolute Gasteiger partial charge is 0.482 e. The van der Waals surface area contributed by atoms with E-state index in [1.165, 1.54) is 4.90 Å². The molecule has 8 nitrogen and oxygen atoms in total. The van der Waals surface area contributed by atoms with Crippen LogP contribution in [-0.2, 0) is 30.6 Å². The van der Waals surface area contributed by atoms with Gasteiger partial charge in [0.05, 0.1) is 12.2 Å². The summed E-state index contributed by atoms with van der Waals surface area (Å²) < 4.78 is 11.4. The van der Waals surface area contributed by atoms with Crippen LogP contribution in [0.15, 0.2) is 47.1 Å². The third kappa shape index (κ3) is 3.76. The van der Waals surface area contributed by atoms with Gasteiger partial charge >= 0.3 is 0 Å². The van der Waals surface area contributed by atoms with E-state index in [9.17, 15) is 9.59 Å². The molecule has 0 unspecified atom stereocenters. The third-order valence-electron chi connectivity index (χ3n) is 5.70. The van der Waals surface area contributed by atoms with Crippen molar-refractivity contribution < 1.29 is 18.7 Å². The van der Waals surface area contributed by atoms with E-state index < -0.39 is 0 Å². The van der Waals surface area contributed by atoms with Gasteiger partial charge in [0.1, 0.15) is 17.2 Å². The molecule has 0 atom stereocenters. The average molecular weight is 418 g/mol. The third-order valence-corrected chi connectivity index (χ3v) is 5.70. The van der Waals surface area contributed by atoms with Gasteiger partial charge in [0.2, 0.25) is 0 Å². The number of rotatable bonds is 4. The summed E-state index contributed by atoms with van der Waals surface area (Å²) in [6.07, 6.45) is 5.73. The molecule has 158 valence electrons. The van der Waals surface area contributed by atoms with Gasteiger partial charge in [-0.25, -0.2) is 4.98 Å². The topological polar surface area (TPSA) is 88.8 Å². The molecule has 0 saturated heterocycles. The fraction of sp³-hybridized carbons (Fsp3) is 0.304. The first-order chi connectivity index (χ1) is 15.1. The van der Waals surface area contributed by atoms with Crippen molar-refractivity contribution in [3.05, 3.63) is 71.2 Å². The Kier molecular flexibility index (Phi) is 4.89. The minimum absolute atomic E-state index is 0.0149. The molecular formula is C23H22N4O4. The van der Waals surface area contributed by atoms with Crippen molar-refractivity contribution in [2.45, 2.75) is 25.8 Å². The van der Waals surface area contributed by atoms with E-state index in [1.54, 1.807) is 36.3 Å². The molecule has 0 aliphatic carbocycles. The maximum atomic E-state index is 13.1. The maximum Gasteiger partial charge on any atom is 0.264 e. The molecule has 8 heteroatoms. The molecule has 0 spiro atoms. The van der Waals surface area contributed by atoms with Gasteiger partial charge in [-0.3, -0.25) is 14.6 Å². The molecule has 2 aromatic heterocycles. The zero-order valence-corrected chi connectivity index (χ0v) is 17.2. The zero-order valence-electron chi connectivity index (χ0n) is 17.2. The Morgan fingerprint density at radius 3 is 2.97 bits per heavy atom.